The van der Waals surface area contributed by atoms with Crippen molar-refractivity contribution in [2.24, 2.45) is 0 Å². The first-order valence-corrected chi connectivity index (χ1v) is 9.00. The van der Waals surface area contributed by atoms with E-state index < -0.39 is 30.1 Å². The number of nitrogens with one attached hydrogen (secondary N) is 2. The molecule has 0 fully saturated rings. The maximum Gasteiger partial charge on any atom is 0.418 e. The highest BCUT2D eigenvalue weighted by Crippen LogP contribution is 2.34. The molecule has 1 aromatic heterocycles. The number of amides is 2. The Bertz CT molecular complexity index is 1090. The molecule has 0 saturated heterocycles. The van der Waals surface area contributed by atoms with E-state index in [0.29, 0.717) is 11.4 Å². The molecule has 162 valence electrons. The Balaban J connectivity index is 1.69. The summed E-state index contributed by atoms with van der Waals surface area (Å²) >= 11 is 0. The summed E-state index contributed by atoms with van der Waals surface area (Å²) in [4.78, 5) is 24.7. The van der Waals surface area contributed by atoms with Crippen LogP contribution in [0.25, 0.3) is 0 Å². The zero-order valence-electron chi connectivity index (χ0n) is 16.5. The van der Waals surface area contributed by atoms with Crippen LogP contribution in [-0.2, 0) is 17.5 Å². The van der Waals surface area contributed by atoms with E-state index in [1.165, 1.54) is 26.2 Å². The molecule has 11 heteroatoms. The van der Waals surface area contributed by atoms with Gasteiger partial charge in [0.2, 0.25) is 5.91 Å². The maximum atomic E-state index is 13.1. The smallest absolute Gasteiger partial charge is 0.418 e. The first-order valence-electron chi connectivity index (χ1n) is 9.00. The van der Waals surface area contributed by atoms with Gasteiger partial charge in [-0.1, -0.05) is 17.3 Å². The molecule has 1 heterocycles. The fraction of sp³-hybridized carbons (Fsp3) is 0.200. The number of hydrogen-bond donors (Lipinski definition) is 2. The van der Waals surface area contributed by atoms with Crippen molar-refractivity contribution in [1.82, 2.24) is 15.0 Å². The Morgan fingerprint density at radius 3 is 2.39 bits per heavy atom. The van der Waals surface area contributed by atoms with E-state index in [2.05, 4.69) is 20.9 Å². The van der Waals surface area contributed by atoms with Crippen LogP contribution < -0.4 is 15.4 Å². The molecule has 3 rings (SSSR count). The van der Waals surface area contributed by atoms with Gasteiger partial charge in [-0.05, 0) is 43.3 Å². The average molecular weight is 433 g/mol. The second-order valence-corrected chi connectivity index (χ2v) is 6.46. The van der Waals surface area contributed by atoms with Gasteiger partial charge in [0.15, 0.2) is 5.69 Å². The molecule has 0 radical (unpaired) electrons. The molecule has 0 bridgehead atoms. The van der Waals surface area contributed by atoms with Gasteiger partial charge in [-0.2, -0.15) is 13.2 Å². The third kappa shape index (κ3) is 5.18. The molecule has 8 nitrogen and oxygen atoms in total. The van der Waals surface area contributed by atoms with Crippen LogP contribution in [0.15, 0.2) is 48.5 Å². The first kappa shape index (κ1) is 21.8. The van der Waals surface area contributed by atoms with Crippen molar-refractivity contribution in [1.29, 1.82) is 0 Å². The highest BCUT2D eigenvalue weighted by Gasteiger charge is 2.33. The van der Waals surface area contributed by atoms with Crippen LogP contribution in [0.1, 0.15) is 21.7 Å². The van der Waals surface area contributed by atoms with E-state index in [4.69, 9.17) is 4.74 Å². The van der Waals surface area contributed by atoms with Gasteiger partial charge >= 0.3 is 6.18 Å². The van der Waals surface area contributed by atoms with Gasteiger partial charge in [0.05, 0.1) is 24.1 Å². The minimum absolute atomic E-state index is 0.0145. The fourth-order valence-corrected chi connectivity index (χ4v) is 2.75. The molecule has 0 atom stereocenters. The van der Waals surface area contributed by atoms with E-state index in [1.807, 2.05) is 0 Å². The van der Waals surface area contributed by atoms with E-state index >= 15 is 0 Å². The largest absolute Gasteiger partial charge is 0.497 e. The molecule has 3 aromatic rings. The number of ether oxygens (including phenoxy) is 1. The van der Waals surface area contributed by atoms with Crippen molar-refractivity contribution >= 4 is 23.2 Å². The van der Waals surface area contributed by atoms with Gasteiger partial charge in [-0.25, -0.2) is 4.68 Å². The second kappa shape index (κ2) is 8.86. The quantitative estimate of drug-likeness (QED) is 0.620. The second-order valence-electron chi connectivity index (χ2n) is 6.46. The summed E-state index contributed by atoms with van der Waals surface area (Å²) < 4.78 is 45.4. The standard InChI is InChI=1S/C20H18F3N5O3/c1-12-18(19(30)24-13-7-9-14(31-2)10-8-13)26-27-28(12)11-17(29)25-16-6-4-3-5-15(16)20(21,22)23/h3-10H,11H2,1-2H3,(H,24,30)(H,25,29). The van der Waals surface area contributed by atoms with Gasteiger partial charge in [0.25, 0.3) is 5.91 Å². The number of halogens is 3. The normalized spacial score (nSPS) is 11.1. The molecule has 0 spiro atoms. The first-order chi connectivity index (χ1) is 14.7. The van der Waals surface area contributed by atoms with Crippen molar-refractivity contribution in [3.05, 3.63) is 65.5 Å². The van der Waals surface area contributed by atoms with Crippen LogP contribution in [0.3, 0.4) is 0 Å². The lowest BCUT2D eigenvalue weighted by Gasteiger charge is -2.13. The zero-order chi connectivity index (χ0) is 22.6. The Kier molecular flexibility index (Phi) is 6.23. The van der Waals surface area contributed by atoms with Crippen LogP contribution in [-0.4, -0.2) is 33.9 Å². The lowest BCUT2D eigenvalue weighted by Crippen LogP contribution is -2.22. The minimum atomic E-state index is -4.61. The Labute approximate surface area is 175 Å². The van der Waals surface area contributed by atoms with Crippen LogP contribution >= 0.6 is 0 Å². The molecular formula is C20H18F3N5O3. The Hall–Kier alpha value is -3.89. The van der Waals surface area contributed by atoms with Crippen molar-refractivity contribution in [2.75, 3.05) is 17.7 Å². The highest BCUT2D eigenvalue weighted by atomic mass is 19.4. The summed E-state index contributed by atoms with van der Waals surface area (Å²) in [6, 6.07) is 11.3. The third-order valence-corrected chi connectivity index (χ3v) is 4.35. The van der Waals surface area contributed by atoms with Crippen LogP contribution in [0.4, 0.5) is 24.5 Å². The van der Waals surface area contributed by atoms with E-state index in [9.17, 15) is 22.8 Å². The van der Waals surface area contributed by atoms with Crippen LogP contribution in [0.5, 0.6) is 5.75 Å². The number of anilines is 2. The number of benzene rings is 2. The fourth-order valence-electron chi connectivity index (χ4n) is 2.75. The number of aromatic nitrogens is 3. The molecule has 2 N–H and O–H groups in total. The topological polar surface area (TPSA) is 98.1 Å². The number of methoxy groups -OCH3 is 1. The number of para-hydroxylation sites is 1. The monoisotopic (exact) mass is 433 g/mol. The van der Waals surface area contributed by atoms with E-state index in [1.54, 1.807) is 24.3 Å². The van der Waals surface area contributed by atoms with Gasteiger partial charge in [0.1, 0.15) is 12.3 Å². The van der Waals surface area contributed by atoms with Crippen molar-refractivity contribution in [3.63, 3.8) is 0 Å². The van der Waals surface area contributed by atoms with Gasteiger partial charge in [-0.3, -0.25) is 9.59 Å². The summed E-state index contributed by atoms with van der Waals surface area (Å²) in [5.74, 6) is -0.665. The van der Waals surface area contributed by atoms with Crippen LogP contribution in [0.2, 0.25) is 0 Å². The maximum absolute atomic E-state index is 13.1. The molecule has 0 aliphatic carbocycles. The molecule has 2 amide bonds. The predicted molar refractivity (Wildman–Crippen MR) is 106 cm³/mol. The van der Waals surface area contributed by atoms with Gasteiger partial charge < -0.3 is 15.4 Å². The summed E-state index contributed by atoms with van der Waals surface area (Å²) in [5.41, 5.74) is -0.556. The number of nitrogens with zero attached hydrogens (tertiary/aromatic N) is 3. The average Bonchev–Trinajstić information content (AvgIpc) is 3.08. The number of hydrogen-bond acceptors (Lipinski definition) is 5. The third-order valence-electron chi connectivity index (χ3n) is 4.35. The lowest BCUT2D eigenvalue weighted by atomic mass is 10.1. The molecular weight excluding hydrogens is 415 g/mol. The number of carbonyl (C=O) groups is 2. The van der Waals surface area contributed by atoms with Gasteiger partial charge in [-0.15, -0.1) is 5.10 Å². The molecule has 0 unspecified atom stereocenters. The lowest BCUT2D eigenvalue weighted by molar-refractivity contribution is -0.137. The molecule has 0 aliphatic rings. The van der Waals surface area contributed by atoms with Crippen molar-refractivity contribution in [2.45, 2.75) is 19.6 Å². The molecule has 31 heavy (non-hydrogen) atoms. The summed E-state index contributed by atoms with van der Waals surface area (Å²) in [7, 11) is 1.52. The van der Waals surface area contributed by atoms with E-state index in [0.717, 1.165) is 16.8 Å². The van der Waals surface area contributed by atoms with Crippen molar-refractivity contribution in [3.8, 4) is 5.75 Å². The predicted octanol–water partition coefficient (Wildman–Crippen LogP) is 3.50. The Morgan fingerprint density at radius 1 is 1.06 bits per heavy atom. The molecule has 0 saturated carbocycles. The molecule has 0 aliphatic heterocycles. The van der Waals surface area contributed by atoms with Gasteiger partial charge in [0, 0.05) is 5.69 Å². The van der Waals surface area contributed by atoms with E-state index in [-0.39, 0.29) is 17.1 Å². The minimum Gasteiger partial charge on any atom is -0.497 e. The van der Waals surface area contributed by atoms with Crippen LogP contribution in [0, 0.1) is 6.92 Å². The SMILES string of the molecule is COc1ccc(NC(=O)c2nnn(CC(=O)Nc3ccccc3C(F)(F)F)c2C)cc1. The highest BCUT2D eigenvalue weighted by molar-refractivity contribution is 6.03. The zero-order valence-corrected chi connectivity index (χ0v) is 16.5. The Morgan fingerprint density at radius 2 is 1.74 bits per heavy atom. The molecule has 2 aromatic carbocycles. The summed E-state index contributed by atoms with van der Waals surface area (Å²) in [6.07, 6.45) is -4.61. The van der Waals surface area contributed by atoms with Crippen molar-refractivity contribution < 1.29 is 27.5 Å². The number of carbonyl (C=O) groups excluding carboxylic acids is 2. The number of rotatable bonds is 6. The summed E-state index contributed by atoms with van der Waals surface area (Å²) in [5, 5.41) is 12.4. The number of alkyl halides is 3. The summed E-state index contributed by atoms with van der Waals surface area (Å²) in [6.45, 7) is 1.11.